The average Bonchev–Trinajstić information content (AvgIpc) is 3.48. The molecular weight excluding hydrogens is 519 g/mol. The van der Waals surface area contributed by atoms with Gasteiger partial charge in [0.15, 0.2) is 5.96 Å². The Morgan fingerprint density at radius 3 is 2.69 bits per heavy atom. The number of guanidine groups is 1. The maximum absolute atomic E-state index is 5.67. The van der Waals surface area contributed by atoms with Gasteiger partial charge in [0.1, 0.15) is 5.76 Å². The highest BCUT2D eigenvalue weighted by atomic mass is 127. The van der Waals surface area contributed by atoms with Crippen LogP contribution in [0, 0.1) is 5.41 Å². The van der Waals surface area contributed by atoms with E-state index in [-0.39, 0.29) is 24.0 Å². The summed E-state index contributed by atoms with van der Waals surface area (Å²) in [5.41, 5.74) is 0.304. The van der Waals surface area contributed by atoms with Gasteiger partial charge in [-0.05, 0) is 56.7 Å². The molecule has 1 aliphatic carbocycles. The Hall–Kier alpha value is -0.840. The van der Waals surface area contributed by atoms with Crippen molar-refractivity contribution in [2.24, 2.45) is 10.4 Å². The molecule has 0 atom stereocenters. The van der Waals surface area contributed by atoms with Gasteiger partial charge in [-0.15, -0.1) is 24.0 Å². The first-order valence-electron chi connectivity index (χ1n) is 12.2. The Balaban J connectivity index is 0.00000363. The van der Waals surface area contributed by atoms with E-state index >= 15 is 0 Å². The quantitative estimate of drug-likeness (QED) is 0.166. The third-order valence-corrected chi connectivity index (χ3v) is 6.51. The van der Waals surface area contributed by atoms with Gasteiger partial charge in [-0.3, -0.25) is 9.89 Å². The molecule has 3 rings (SSSR count). The molecule has 1 saturated heterocycles. The fourth-order valence-corrected chi connectivity index (χ4v) is 4.56. The molecule has 32 heavy (non-hydrogen) atoms. The van der Waals surface area contributed by atoms with E-state index in [9.17, 15) is 0 Å². The van der Waals surface area contributed by atoms with Gasteiger partial charge in [0.25, 0.3) is 0 Å². The maximum atomic E-state index is 5.67. The van der Waals surface area contributed by atoms with Crippen molar-refractivity contribution in [3.05, 3.63) is 24.2 Å². The second-order valence-corrected chi connectivity index (χ2v) is 8.81. The van der Waals surface area contributed by atoms with Crippen LogP contribution in [0.25, 0.3) is 0 Å². The second kappa shape index (κ2) is 15.9. The largest absolute Gasteiger partial charge is 0.469 e. The van der Waals surface area contributed by atoms with Crippen molar-refractivity contribution in [2.75, 3.05) is 65.7 Å². The number of halogens is 1. The summed E-state index contributed by atoms with van der Waals surface area (Å²) in [7, 11) is 0. The summed E-state index contributed by atoms with van der Waals surface area (Å²) >= 11 is 0. The summed E-state index contributed by atoms with van der Waals surface area (Å²) in [6.45, 7) is 11.2. The molecule has 0 spiro atoms. The first kappa shape index (κ1) is 27.4. The number of rotatable bonds is 13. The molecule has 1 aromatic rings. The molecule has 1 aliphatic heterocycles. The van der Waals surface area contributed by atoms with Crippen LogP contribution < -0.4 is 10.6 Å². The molecule has 0 aromatic carbocycles. The topological polar surface area (TPSA) is 71.3 Å². The van der Waals surface area contributed by atoms with Crippen LogP contribution in [-0.4, -0.2) is 76.6 Å². The van der Waals surface area contributed by atoms with Gasteiger partial charge in [-0.25, -0.2) is 0 Å². The predicted octanol–water partition coefficient (Wildman–Crippen LogP) is 3.68. The maximum Gasteiger partial charge on any atom is 0.191 e. The summed E-state index contributed by atoms with van der Waals surface area (Å²) < 4.78 is 16.6. The molecule has 184 valence electrons. The number of nitrogens with zero attached hydrogens (tertiary/aromatic N) is 2. The van der Waals surface area contributed by atoms with Gasteiger partial charge in [-0.1, -0.05) is 12.8 Å². The normalized spacial score (nSPS) is 19.0. The fraction of sp³-hybridized carbons (Fsp3) is 0.792. The van der Waals surface area contributed by atoms with Crippen LogP contribution in [0.5, 0.6) is 0 Å². The number of nitrogens with one attached hydrogen (secondary N) is 2. The molecule has 2 N–H and O–H groups in total. The lowest BCUT2D eigenvalue weighted by Gasteiger charge is -2.28. The zero-order valence-electron chi connectivity index (χ0n) is 19.8. The summed E-state index contributed by atoms with van der Waals surface area (Å²) in [4.78, 5) is 7.51. The van der Waals surface area contributed by atoms with E-state index < -0.39 is 0 Å². The van der Waals surface area contributed by atoms with E-state index in [0.29, 0.717) is 5.41 Å². The van der Waals surface area contributed by atoms with Crippen molar-refractivity contribution in [1.29, 1.82) is 0 Å². The highest BCUT2D eigenvalue weighted by Crippen LogP contribution is 2.41. The number of hydrogen-bond acceptors (Lipinski definition) is 5. The Morgan fingerprint density at radius 1 is 1.19 bits per heavy atom. The van der Waals surface area contributed by atoms with Crippen molar-refractivity contribution in [3.8, 4) is 0 Å². The van der Waals surface area contributed by atoms with Crippen molar-refractivity contribution < 1.29 is 13.9 Å². The SMILES string of the molecule is CCOCCC1(CN=C(NCCCN2CCOCC2)NCCc2ccco2)CCCC1.I. The third-order valence-electron chi connectivity index (χ3n) is 6.51. The lowest BCUT2D eigenvalue weighted by Crippen LogP contribution is -2.42. The molecule has 2 fully saturated rings. The lowest BCUT2D eigenvalue weighted by molar-refractivity contribution is 0.0376. The molecule has 7 nitrogen and oxygen atoms in total. The lowest BCUT2D eigenvalue weighted by atomic mass is 9.83. The number of morpholine rings is 1. The van der Waals surface area contributed by atoms with Gasteiger partial charge in [0.05, 0.1) is 19.5 Å². The Morgan fingerprint density at radius 2 is 1.97 bits per heavy atom. The molecule has 1 saturated carbocycles. The summed E-state index contributed by atoms with van der Waals surface area (Å²) in [5.74, 6) is 1.93. The predicted molar refractivity (Wildman–Crippen MR) is 140 cm³/mol. The zero-order valence-corrected chi connectivity index (χ0v) is 22.1. The molecule has 1 aromatic heterocycles. The van der Waals surface area contributed by atoms with E-state index in [1.807, 2.05) is 12.1 Å². The zero-order chi connectivity index (χ0) is 21.6. The summed E-state index contributed by atoms with van der Waals surface area (Å²) in [6.07, 6.45) is 9.97. The molecule has 0 amide bonds. The highest BCUT2D eigenvalue weighted by molar-refractivity contribution is 14.0. The van der Waals surface area contributed by atoms with Crippen LogP contribution in [0.1, 0.15) is 51.2 Å². The van der Waals surface area contributed by atoms with Crippen LogP contribution in [0.15, 0.2) is 27.8 Å². The summed E-state index contributed by atoms with van der Waals surface area (Å²) in [6, 6.07) is 3.96. The fourth-order valence-electron chi connectivity index (χ4n) is 4.56. The molecule has 2 aliphatic rings. The van der Waals surface area contributed by atoms with E-state index in [2.05, 4.69) is 22.5 Å². The monoisotopic (exact) mass is 562 g/mol. The molecule has 2 heterocycles. The van der Waals surface area contributed by atoms with Gasteiger partial charge in [0.2, 0.25) is 0 Å². The molecule has 0 radical (unpaired) electrons. The van der Waals surface area contributed by atoms with Crippen LogP contribution >= 0.6 is 24.0 Å². The van der Waals surface area contributed by atoms with Crippen molar-refractivity contribution in [2.45, 2.75) is 51.9 Å². The molecule has 0 unspecified atom stereocenters. The van der Waals surface area contributed by atoms with Crippen molar-refractivity contribution >= 4 is 29.9 Å². The van der Waals surface area contributed by atoms with Crippen LogP contribution in [0.2, 0.25) is 0 Å². The van der Waals surface area contributed by atoms with Gasteiger partial charge in [-0.2, -0.15) is 0 Å². The number of aliphatic imine (C=N–C) groups is 1. The molecule has 0 bridgehead atoms. The van der Waals surface area contributed by atoms with Gasteiger partial charge >= 0.3 is 0 Å². The first-order chi connectivity index (χ1) is 15.3. The minimum atomic E-state index is 0. The summed E-state index contributed by atoms with van der Waals surface area (Å²) in [5, 5.41) is 7.09. The standard InChI is InChI=1S/C24H42N4O3.HI/c1-2-29-18-11-24(9-3-4-10-24)21-27-23(26-13-8-22-7-5-17-31-22)25-12-6-14-28-15-19-30-20-16-28;/h5,7,17H,2-4,6,8-16,18-21H2,1H3,(H2,25,26,27);1H. The average molecular weight is 563 g/mol. The minimum Gasteiger partial charge on any atom is -0.469 e. The van der Waals surface area contributed by atoms with E-state index in [0.717, 1.165) is 96.7 Å². The smallest absolute Gasteiger partial charge is 0.191 e. The Labute approximate surface area is 211 Å². The van der Waals surface area contributed by atoms with Gasteiger partial charge < -0.3 is 24.5 Å². The molecule has 8 heteroatoms. The van der Waals surface area contributed by atoms with Crippen molar-refractivity contribution in [1.82, 2.24) is 15.5 Å². The molecular formula is C24H43IN4O3. The number of hydrogen-bond donors (Lipinski definition) is 2. The Bertz CT molecular complexity index is 615. The first-order valence-corrected chi connectivity index (χ1v) is 12.2. The van der Waals surface area contributed by atoms with E-state index in [1.54, 1.807) is 6.26 Å². The van der Waals surface area contributed by atoms with Gasteiger partial charge in [0, 0.05) is 52.4 Å². The highest BCUT2D eigenvalue weighted by Gasteiger charge is 2.33. The van der Waals surface area contributed by atoms with E-state index in [4.69, 9.17) is 18.9 Å². The van der Waals surface area contributed by atoms with Crippen LogP contribution in [0.3, 0.4) is 0 Å². The Kier molecular flexibility index (Phi) is 13.6. The third kappa shape index (κ3) is 9.97. The van der Waals surface area contributed by atoms with E-state index in [1.165, 1.54) is 25.7 Å². The van der Waals surface area contributed by atoms with Crippen LogP contribution in [0.4, 0.5) is 0 Å². The number of furan rings is 1. The van der Waals surface area contributed by atoms with Crippen molar-refractivity contribution in [3.63, 3.8) is 0 Å². The number of ether oxygens (including phenoxy) is 2. The minimum absolute atomic E-state index is 0. The van der Waals surface area contributed by atoms with Crippen LogP contribution in [-0.2, 0) is 15.9 Å². The second-order valence-electron chi connectivity index (χ2n) is 8.81.